The highest BCUT2D eigenvalue weighted by Crippen LogP contribution is 2.31. The van der Waals surface area contributed by atoms with Crippen LogP contribution in [-0.2, 0) is 4.74 Å². The summed E-state index contributed by atoms with van der Waals surface area (Å²) in [5.41, 5.74) is 8.58. The van der Waals surface area contributed by atoms with Crippen LogP contribution in [0.15, 0.2) is 35.8 Å². The first-order valence-corrected chi connectivity index (χ1v) is 9.43. The lowest BCUT2D eigenvalue weighted by molar-refractivity contribution is 0.121. The Morgan fingerprint density at radius 3 is 2.93 bits per heavy atom. The number of ether oxygens (including phenoxy) is 1. The van der Waals surface area contributed by atoms with E-state index in [9.17, 15) is 5.26 Å². The smallest absolute Gasteiger partial charge is 0.141 e. The number of nitriles is 1. The Hall–Kier alpha value is -3.02. The lowest BCUT2D eigenvalue weighted by Crippen LogP contribution is -2.23. The Morgan fingerprint density at radius 1 is 1.33 bits per heavy atom. The van der Waals surface area contributed by atoms with Crippen molar-refractivity contribution in [3.63, 3.8) is 0 Å². The van der Waals surface area contributed by atoms with Crippen molar-refractivity contribution in [2.75, 3.05) is 30.8 Å². The molecule has 136 valence electrons. The fourth-order valence-corrected chi connectivity index (χ4v) is 3.78. The van der Waals surface area contributed by atoms with Crippen molar-refractivity contribution >= 4 is 22.8 Å². The molecule has 0 aromatic carbocycles. The van der Waals surface area contributed by atoms with Gasteiger partial charge in [-0.25, -0.2) is 15.0 Å². The largest absolute Gasteiger partial charge is 0.398 e. The SMILES string of the molecule is CO[C@@H]1CCN(c2cccc(-c3nc(-c4nccs4)cc(N)c3C#N)n2)C1. The van der Waals surface area contributed by atoms with Crippen LogP contribution in [0.2, 0.25) is 0 Å². The fraction of sp³-hybridized carbons (Fsp3) is 0.263. The van der Waals surface area contributed by atoms with E-state index in [-0.39, 0.29) is 6.10 Å². The summed E-state index contributed by atoms with van der Waals surface area (Å²) in [6, 6.07) is 9.58. The third-order valence-corrected chi connectivity index (χ3v) is 5.39. The van der Waals surface area contributed by atoms with Crippen LogP contribution in [0.1, 0.15) is 12.0 Å². The topological polar surface area (TPSA) is 101 Å². The Balaban J connectivity index is 1.77. The third kappa shape index (κ3) is 3.35. The van der Waals surface area contributed by atoms with Crippen LogP contribution < -0.4 is 10.6 Å². The van der Waals surface area contributed by atoms with Crippen LogP contribution in [0.3, 0.4) is 0 Å². The number of anilines is 2. The summed E-state index contributed by atoms with van der Waals surface area (Å²) in [6.07, 6.45) is 2.90. The van der Waals surface area contributed by atoms with E-state index in [0.717, 1.165) is 30.3 Å². The molecule has 1 fully saturated rings. The molecule has 3 aromatic heterocycles. The van der Waals surface area contributed by atoms with E-state index in [1.54, 1.807) is 19.4 Å². The number of thiazole rings is 1. The molecule has 2 N–H and O–H groups in total. The summed E-state index contributed by atoms with van der Waals surface area (Å²) >= 11 is 1.47. The zero-order valence-corrected chi connectivity index (χ0v) is 15.6. The van der Waals surface area contributed by atoms with Crippen LogP contribution >= 0.6 is 11.3 Å². The predicted molar refractivity (Wildman–Crippen MR) is 105 cm³/mol. The molecule has 0 spiro atoms. The van der Waals surface area contributed by atoms with Crippen molar-refractivity contribution in [1.29, 1.82) is 5.26 Å². The summed E-state index contributed by atoms with van der Waals surface area (Å²) in [6.45, 7) is 1.68. The van der Waals surface area contributed by atoms with E-state index in [2.05, 4.69) is 20.9 Å². The maximum atomic E-state index is 9.59. The molecular formula is C19H18N6OS. The van der Waals surface area contributed by atoms with Gasteiger partial charge < -0.3 is 15.4 Å². The van der Waals surface area contributed by atoms with Gasteiger partial charge in [0.05, 0.1) is 17.5 Å². The summed E-state index contributed by atoms with van der Waals surface area (Å²) in [7, 11) is 1.73. The predicted octanol–water partition coefficient (Wildman–Crippen LogP) is 2.95. The van der Waals surface area contributed by atoms with Crippen molar-refractivity contribution in [3.8, 4) is 28.2 Å². The number of hydrogen-bond donors (Lipinski definition) is 1. The highest BCUT2D eigenvalue weighted by atomic mass is 32.1. The van der Waals surface area contributed by atoms with Crippen molar-refractivity contribution < 1.29 is 4.74 Å². The van der Waals surface area contributed by atoms with E-state index in [1.165, 1.54) is 11.3 Å². The minimum atomic E-state index is 0.215. The van der Waals surface area contributed by atoms with Crippen molar-refractivity contribution in [1.82, 2.24) is 15.0 Å². The quantitative estimate of drug-likeness (QED) is 0.745. The van der Waals surface area contributed by atoms with Gasteiger partial charge in [0, 0.05) is 31.8 Å². The van der Waals surface area contributed by atoms with Crippen LogP contribution in [0.25, 0.3) is 22.1 Å². The minimum Gasteiger partial charge on any atom is -0.398 e. The first-order chi connectivity index (χ1) is 13.2. The summed E-state index contributed by atoms with van der Waals surface area (Å²) in [5, 5.41) is 12.2. The van der Waals surface area contributed by atoms with Gasteiger partial charge in [0.1, 0.15) is 33.8 Å². The lowest BCUT2D eigenvalue weighted by Gasteiger charge is -2.18. The maximum absolute atomic E-state index is 9.59. The number of nitrogens with two attached hydrogens (primary N) is 1. The Bertz CT molecular complexity index is 998. The Labute approximate surface area is 161 Å². The Morgan fingerprint density at radius 2 is 2.22 bits per heavy atom. The molecule has 1 saturated heterocycles. The molecule has 4 heterocycles. The highest BCUT2D eigenvalue weighted by molar-refractivity contribution is 7.13. The number of aromatic nitrogens is 3. The van der Waals surface area contributed by atoms with E-state index in [4.69, 9.17) is 15.5 Å². The normalized spacial score (nSPS) is 16.4. The van der Waals surface area contributed by atoms with Crippen molar-refractivity contribution in [2.45, 2.75) is 12.5 Å². The zero-order valence-electron chi connectivity index (χ0n) is 14.8. The van der Waals surface area contributed by atoms with Gasteiger partial charge in [-0.05, 0) is 24.6 Å². The monoisotopic (exact) mass is 378 g/mol. The van der Waals surface area contributed by atoms with Gasteiger partial charge in [0.25, 0.3) is 0 Å². The molecule has 3 aromatic rings. The van der Waals surface area contributed by atoms with E-state index in [0.29, 0.717) is 28.3 Å². The van der Waals surface area contributed by atoms with Crippen LogP contribution in [-0.4, -0.2) is 41.3 Å². The molecule has 1 aliphatic rings. The molecule has 0 radical (unpaired) electrons. The molecule has 4 rings (SSSR count). The maximum Gasteiger partial charge on any atom is 0.141 e. The molecule has 0 saturated carbocycles. The van der Waals surface area contributed by atoms with Crippen LogP contribution in [0.4, 0.5) is 11.5 Å². The molecular weight excluding hydrogens is 360 g/mol. The van der Waals surface area contributed by atoms with Crippen molar-refractivity contribution in [2.24, 2.45) is 0 Å². The van der Waals surface area contributed by atoms with E-state index < -0.39 is 0 Å². The molecule has 1 atom stereocenters. The van der Waals surface area contributed by atoms with Gasteiger partial charge >= 0.3 is 0 Å². The molecule has 8 heteroatoms. The summed E-state index contributed by atoms with van der Waals surface area (Å²) < 4.78 is 5.44. The number of nitrogen functional groups attached to an aromatic ring is 1. The molecule has 1 aliphatic heterocycles. The second kappa shape index (κ2) is 7.31. The van der Waals surface area contributed by atoms with Gasteiger partial charge in [-0.3, -0.25) is 0 Å². The van der Waals surface area contributed by atoms with Gasteiger partial charge in [0.2, 0.25) is 0 Å². The summed E-state index contributed by atoms with van der Waals surface area (Å²) in [4.78, 5) is 15.9. The average molecular weight is 378 g/mol. The summed E-state index contributed by atoms with van der Waals surface area (Å²) in [5.74, 6) is 0.843. The molecule has 0 unspecified atom stereocenters. The van der Waals surface area contributed by atoms with Gasteiger partial charge in [-0.15, -0.1) is 11.3 Å². The van der Waals surface area contributed by atoms with Crippen LogP contribution in [0, 0.1) is 11.3 Å². The second-order valence-corrected chi connectivity index (χ2v) is 7.14. The van der Waals surface area contributed by atoms with E-state index >= 15 is 0 Å². The highest BCUT2D eigenvalue weighted by Gasteiger charge is 2.24. The standard InChI is InChI=1S/C19H18N6OS/c1-26-12-5-7-25(11-12)17-4-2-3-15(23-17)18-13(10-20)14(21)9-16(24-18)19-22-6-8-27-19/h2-4,6,8-9,12H,5,7,11H2,1H3,(H2,21,24)/t12-/m1/s1. The molecule has 0 bridgehead atoms. The lowest BCUT2D eigenvalue weighted by atomic mass is 10.1. The van der Waals surface area contributed by atoms with E-state index in [1.807, 2.05) is 23.6 Å². The molecule has 7 nitrogen and oxygen atoms in total. The number of nitrogens with zero attached hydrogens (tertiary/aromatic N) is 5. The number of rotatable bonds is 4. The number of methoxy groups -OCH3 is 1. The van der Waals surface area contributed by atoms with Crippen LogP contribution in [0.5, 0.6) is 0 Å². The molecule has 0 aliphatic carbocycles. The Kier molecular flexibility index (Phi) is 4.71. The number of hydrogen-bond acceptors (Lipinski definition) is 8. The molecule has 0 amide bonds. The van der Waals surface area contributed by atoms with Gasteiger partial charge in [0.15, 0.2) is 0 Å². The first kappa shape index (κ1) is 17.4. The van der Waals surface area contributed by atoms with Crippen molar-refractivity contribution in [3.05, 3.63) is 41.4 Å². The average Bonchev–Trinajstić information content (AvgIpc) is 3.39. The van der Waals surface area contributed by atoms with Gasteiger partial charge in [-0.1, -0.05) is 6.07 Å². The number of pyridine rings is 2. The minimum absolute atomic E-state index is 0.215. The first-order valence-electron chi connectivity index (χ1n) is 8.55. The van der Waals surface area contributed by atoms with Gasteiger partial charge in [-0.2, -0.15) is 5.26 Å². The fourth-order valence-electron chi connectivity index (χ4n) is 3.19. The third-order valence-electron chi connectivity index (χ3n) is 4.59. The molecule has 27 heavy (non-hydrogen) atoms. The zero-order chi connectivity index (χ0) is 18.8. The second-order valence-electron chi connectivity index (χ2n) is 6.24.